The van der Waals surface area contributed by atoms with Crippen molar-refractivity contribution in [1.82, 2.24) is 0 Å². The molecule has 0 saturated heterocycles. The van der Waals surface area contributed by atoms with E-state index >= 15 is 0 Å². The van der Waals surface area contributed by atoms with Gasteiger partial charge in [0.1, 0.15) is 0 Å². The summed E-state index contributed by atoms with van der Waals surface area (Å²) in [6.45, 7) is 0. The van der Waals surface area contributed by atoms with E-state index in [1.807, 2.05) is 0 Å². The van der Waals surface area contributed by atoms with Crippen molar-refractivity contribution in [3.8, 4) is 23.0 Å². The molecule has 2 heterocycles. The van der Waals surface area contributed by atoms with Crippen molar-refractivity contribution >= 4 is 32.7 Å². The first-order valence-electron chi connectivity index (χ1n) is 6.02. The SMILES string of the molecule is O=c1oc2c(O)c(O)cc3c(=O)oc4c(O)c(O)cc1c4c23.[H-].[K+]. The minimum Gasteiger partial charge on any atom is -1.00 e. The number of phenols is 4. The molecule has 0 radical (unpaired) electrons. The third-order valence-corrected chi connectivity index (χ3v) is 3.55. The van der Waals surface area contributed by atoms with Crippen LogP contribution in [0, 0.1) is 0 Å². The Morgan fingerprint density at radius 1 is 0.739 bits per heavy atom. The minimum absolute atomic E-state index is 0. The molecule has 9 heteroatoms. The van der Waals surface area contributed by atoms with Gasteiger partial charge in [0.2, 0.25) is 11.5 Å². The number of hydrogen-bond donors (Lipinski definition) is 4. The zero-order valence-electron chi connectivity index (χ0n) is 12.6. The average molecular weight is 342 g/mol. The fourth-order valence-corrected chi connectivity index (χ4v) is 2.58. The van der Waals surface area contributed by atoms with Crippen LogP contribution in [0.4, 0.5) is 0 Å². The van der Waals surface area contributed by atoms with Crippen molar-refractivity contribution in [3.05, 3.63) is 33.0 Å². The molecule has 0 unspecified atom stereocenters. The van der Waals surface area contributed by atoms with Gasteiger partial charge in [-0.05, 0) is 12.1 Å². The fourth-order valence-electron chi connectivity index (χ4n) is 2.58. The first kappa shape index (κ1) is 16.1. The van der Waals surface area contributed by atoms with Crippen LogP contribution >= 0.6 is 0 Å². The van der Waals surface area contributed by atoms with Gasteiger partial charge < -0.3 is 30.7 Å². The molecule has 23 heavy (non-hydrogen) atoms. The van der Waals surface area contributed by atoms with Crippen molar-refractivity contribution < 1.29 is 82.1 Å². The molecular formula is C14H7KO8. The molecule has 4 rings (SSSR count). The molecule has 0 saturated carbocycles. The molecule has 0 aliphatic carbocycles. The largest absolute Gasteiger partial charge is 1.00 e. The zero-order chi connectivity index (χ0) is 15.8. The van der Waals surface area contributed by atoms with Crippen molar-refractivity contribution in [1.29, 1.82) is 0 Å². The predicted octanol–water partition coefficient (Wildman–Crippen LogP) is -1.57. The number of benzene rings is 2. The quantitative estimate of drug-likeness (QED) is 0.130. The van der Waals surface area contributed by atoms with Crippen molar-refractivity contribution in [2.24, 2.45) is 0 Å². The molecule has 8 nitrogen and oxygen atoms in total. The number of rotatable bonds is 0. The Hall–Kier alpha value is -1.78. The van der Waals surface area contributed by atoms with Crippen molar-refractivity contribution in [2.45, 2.75) is 0 Å². The maximum atomic E-state index is 12.0. The summed E-state index contributed by atoms with van der Waals surface area (Å²) in [5.41, 5.74) is -2.70. The predicted molar refractivity (Wildman–Crippen MR) is 75.0 cm³/mol. The molecule has 2 aromatic carbocycles. The zero-order valence-corrected chi connectivity index (χ0v) is 14.7. The Bertz CT molecular complexity index is 1110. The molecule has 4 aromatic rings. The van der Waals surface area contributed by atoms with Gasteiger partial charge in [0, 0.05) is 10.8 Å². The molecule has 0 fully saturated rings. The maximum absolute atomic E-state index is 12.0. The van der Waals surface area contributed by atoms with E-state index < -0.39 is 45.4 Å². The van der Waals surface area contributed by atoms with Crippen molar-refractivity contribution in [2.75, 3.05) is 0 Å². The Labute approximate surface area is 169 Å². The molecule has 0 spiro atoms. The topological polar surface area (TPSA) is 141 Å². The van der Waals surface area contributed by atoms with E-state index in [-0.39, 0.29) is 74.4 Å². The van der Waals surface area contributed by atoms with Gasteiger partial charge in [-0.2, -0.15) is 0 Å². The minimum atomic E-state index is -0.941. The van der Waals surface area contributed by atoms with Gasteiger partial charge in [-0.15, -0.1) is 0 Å². The van der Waals surface area contributed by atoms with E-state index in [2.05, 4.69) is 0 Å². The smallest absolute Gasteiger partial charge is 1.00 e. The van der Waals surface area contributed by atoms with Gasteiger partial charge >= 0.3 is 62.6 Å². The maximum Gasteiger partial charge on any atom is 1.00 e. The van der Waals surface area contributed by atoms with E-state index in [1.165, 1.54) is 0 Å². The molecule has 0 atom stereocenters. The van der Waals surface area contributed by atoms with Crippen LogP contribution in [0.2, 0.25) is 0 Å². The van der Waals surface area contributed by atoms with Crippen LogP contribution in [0.3, 0.4) is 0 Å². The van der Waals surface area contributed by atoms with Gasteiger partial charge in [-0.25, -0.2) is 9.59 Å². The van der Waals surface area contributed by atoms with Gasteiger partial charge in [-0.1, -0.05) is 0 Å². The summed E-state index contributed by atoms with van der Waals surface area (Å²) in [5.74, 6) is -2.75. The van der Waals surface area contributed by atoms with Gasteiger partial charge in [-0.3, -0.25) is 0 Å². The number of phenolic OH excluding ortho intramolecular Hbond substituents is 4. The van der Waals surface area contributed by atoms with Crippen LogP contribution in [0.1, 0.15) is 1.43 Å². The fraction of sp³-hybridized carbons (Fsp3) is 0. The standard InChI is InChI=1S/C14H6O8.K.H/c15-5-1-3-7-8-4(14(20)22-11(7)9(5)17)2-6(16)10(18)12(8)21-13(3)19;;/h1-2,15-18H;;/q;+1;-1. The summed E-state index contributed by atoms with van der Waals surface area (Å²) >= 11 is 0. The molecule has 0 aliphatic heterocycles. The summed E-state index contributed by atoms with van der Waals surface area (Å²) in [6.07, 6.45) is 0. The van der Waals surface area contributed by atoms with E-state index in [0.29, 0.717) is 0 Å². The Morgan fingerprint density at radius 3 is 1.43 bits per heavy atom. The van der Waals surface area contributed by atoms with Crippen LogP contribution in [0.25, 0.3) is 32.7 Å². The van der Waals surface area contributed by atoms with E-state index in [4.69, 9.17) is 8.83 Å². The first-order valence-corrected chi connectivity index (χ1v) is 6.02. The van der Waals surface area contributed by atoms with Gasteiger partial charge in [0.05, 0.1) is 10.8 Å². The summed E-state index contributed by atoms with van der Waals surface area (Å²) in [7, 11) is 0. The van der Waals surface area contributed by atoms with Crippen LogP contribution in [-0.4, -0.2) is 20.4 Å². The second kappa shape index (κ2) is 5.11. The summed E-state index contributed by atoms with van der Waals surface area (Å²) < 4.78 is 9.87. The van der Waals surface area contributed by atoms with Gasteiger partial charge in [0.15, 0.2) is 22.7 Å². The summed E-state index contributed by atoms with van der Waals surface area (Å²) in [5, 5.41) is 38.7. The van der Waals surface area contributed by atoms with E-state index in [0.717, 1.165) is 12.1 Å². The Balaban J connectivity index is 0.00000104. The van der Waals surface area contributed by atoms with Crippen LogP contribution in [-0.2, 0) is 0 Å². The average Bonchev–Trinajstić information content (AvgIpc) is 2.47. The molecule has 0 bridgehead atoms. The second-order valence-electron chi connectivity index (χ2n) is 4.77. The third kappa shape index (κ3) is 1.98. The third-order valence-electron chi connectivity index (χ3n) is 3.55. The summed E-state index contributed by atoms with van der Waals surface area (Å²) in [6, 6.07) is 1.93. The number of hydrogen-bond acceptors (Lipinski definition) is 8. The Kier molecular flexibility index (Phi) is 3.58. The van der Waals surface area contributed by atoms with Crippen LogP contribution in [0.15, 0.2) is 30.6 Å². The van der Waals surface area contributed by atoms with Gasteiger partial charge in [0.25, 0.3) is 0 Å². The number of aromatic hydroxyl groups is 4. The van der Waals surface area contributed by atoms with Crippen molar-refractivity contribution in [3.63, 3.8) is 0 Å². The van der Waals surface area contributed by atoms with Crippen LogP contribution < -0.4 is 62.6 Å². The Morgan fingerprint density at radius 2 is 1.09 bits per heavy atom. The normalized spacial score (nSPS) is 11.3. The molecule has 112 valence electrons. The first-order chi connectivity index (χ1) is 10.4. The molecule has 0 amide bonds. The molecule has 4 N–H and O–H groups in total. The molecule has 2 aromatic heterocycles. The second-order valence-corrected chi connectivity index (χ2v) is 4.77. The van der Waals surface area contributed by atoms with Crippen LogP contribution in [0.5, 0.6) is 23.0 Å². The van der Waals surface area contributed by atoms with E-state index in [9.17, 15) is 30.0 Å². The molecule has 0 aliphatic rings. The van der Waals surface area contributed by atoms with E-state index in [1.54, 1.807) is 0 Å². The summed E-state index contributed by atoms with van der Waals surface area (Å²) in [4.78, 5) is 24.0. The molecular weight excluding hydrogens is 335 g/mol. The monoisotopic (exact) mass is 342 g/mol.